The molecule has 4 heteroatoms. The first kappa shape index (κ1) is 14.5. The quantitative estimate of drug-likeness (QED) is 0.621. The SMILES string of the molecule is CC(C)OCCCN(C)C(=O)c1ccc(N)cc1. The highest BCUT2D eigenvalue weighted by Crippen LogP contribution is 2.08. The normalized spacial score (nSPS) is 10.7. The van der Waals surface area contributed by atoms with Gasteiger partial charge in [-0.1, -0.05) is 0 Å². The van der Waals surface area contributed by atoms with Gasteiger partial charge in [0, 0.05) is 31.5 Å². The number of benzene rings is 1. The minimum absolute atomic E-state index is 0.0135. The highest BCUT2D eigenvalue weighted by molar-refractivity contribution is 5.94. The lowest BCUT2D eigenvalue weighted by molar-refractivity contribution is 0.0650. The Hall–Kier alpha value is -1.55. The molecular weight excluding hydrogens is 228 g/mol. The van der Waals surface area contributed by atoms with Crippen molar-refractivity contribution in [3.63, 3.8) is 0 Å². The van der Waals surface area contributed by atoms with Gasteiger partial charge < -0.3 is 15.4 Å². The van der Waals surface area contributed by atoms with E-state index in [0.717, 1.165) is 6.42 Å². The van der Waals surface area contributed by atoms with E-state index >= 15 is 0 Å². The maximum Gasteiger partial charge on any atom is 0.253 e. The molecule has 1 amide bonds. The second-order valence-electron chi connectivity index (χ2n) is 4.62. The topological polar surface area (TPSA) is 55.6 Å². The zero-order valence-corrected chi connectivity index (χ0v) is 11.3. The van der Waals surface area contributed by atoms with Crippen LogP contribution in [0.3, 0.4) is 0 Å². The molecule has 0 unspecified atom stereocenters. The first-order chi connectivity index (χ1) is 8.50. The molecule has 0 radical (unpaired) electrons. The summed E-state index contributed by atoms with van der Waals surface area (Å²) in [4.78, 5) is 13.7. The third kappa shape index (κ3) is 4.75. The summed E-state index contributed by atoms with van der Waals surface area (Å²) in [7, 11) is 1.80. The van der Waals surface area contributed by atoms with E-state index in [-0.39, 0.29) is 12.0 Å². The van der Waals surface area contributed by atoms with Crippen LogP contribution in [0.1, 0.15) is 30.6 Å². The molecule has 0 aliphatic heterocycles. The van der Waals surface area contributed by atoms with Gasteiger partial charge in [-0.2, -0.15) is 0 Å². The fraction of sp³-hybridized carbons (Fsp3) is 0.500. The van der Waals surface area contributed by atoms with Crippen molar-refractivity contribution in [2.24, 2.45) is 0 Å². The third-order valence-corrected chi connectivity index (χ3v) is 2.59. The standard InChI is InChI=1S/C14H22N2O2/c1-11(2)18-10-4-9-16(3)14(17)12-5-7-13(15)8-6-12/h5-8,11H,4,9-10,15H2,1-3H3. The summed E-state index contributed by atoms with van der Waals surface area (Å²) in [6, 6.07) is 6.98. The first-order valence-electron chi connectivity index (χ1n) is 6.23. The minimum atomic E-state index is 0.0135. The first-order valence-corrected chi connectivity index (χ1v) is 6.23. The summed E-state index contributed by atoms with van der Waals surface area (Å²) in [5, 5.41) is 0. The highest BCUT2D eigenvalue weighted by Gasteiger charge is 2.10. The molecule has 0 saturated carbocycles. The van der Waals surface area contributed by atoms with E-state index in [0.29, 0.717) is 24.4 Å². The van der Waals surface area contributed by atoms with Crippen LogP contribution in [0.4, 0.5) is 5.69 Å². The maximum atomic E-state index is 12.0. The Balaban J connectivity index is 2.39. The molecule has 1 aromatic rings. The average molecular weight is 250 g/mol. The summed E-state index contributed by atoms with van der Waals surface area (Å²) in [5.41, 5.74) is 6.92. The fourth-order valence-electron chi connectivity index (χ4n) is 1.57. The largest absolute Gasteiger partial charge is 0.399 e. The number of nitrogens with zero attached hydrogens (tertiary/aromatic N) is 1. The van der Waals surface area contributed by atoms with Crippen molar-refractivity contribution in [1.29, 1.82) is 0 Å². The Bertz CT molecular complexity index is 374. The van der Waals surface area contributed by atoms with Gasteiger partial charge in [0.25, 0.3) is 5.91 Å². The molecule has 100 valence electrons. The van der Waals surface area contributed by atoms with Gasteiger partial charge in [-0.3, -0.25) is 4.79 Å². The molecule has 2 N–H and O–H groups in total. The fourth-order valence-corrected chi connectivity index (χ4v) is 1.57. The zero-order chi connectivity index (χ0) is 13.5. The third-order valence-electron chi connectivity index (χ3n) is 2.59. The Labute approximate surface area is 109 Å². The number of amides is 1. The summed E-state index contributed by atoms with van der Waals surface area (Å²) < 4.78 is 5.44. The number of carbonyl (C=O) groups is 1. The Morgan fingerprint density at radius 3 is 2.50 bits per heavy atom. The number of rotatable bonds is 6. The lowest BCUT2D eigenvalue weighted by atomic mass is 10.2. The smallest absolute Gasteiger partial charge is 0.253 e. The van der Waals surface area contributed by atoms with Crippen LogP contribution in [0.5, 0.6) is 0 Å². The van der Waals surface area contributed by atoms with Gasteiger partial charge in [-0.25, -0.2) is 0 Å². The molecule has 0 aliphatic rings. The Kier molecular flexibility index (Phi) is 5.65. The summed E-state index contributed by atoms with van der Waals surface area (Å²) in [6.07, 6.45) is 1.08. The van der Waals surface area contributed by atoms with E-state index in [1.165, 1.54) is 0 Å². The van der Waals surface area contributed by atoms with E-state index in [4.69, 9.17) is 10.5 Å². The molecule has 4 nitrogen and oxygen atoms in total. The number of nitrogen functional groups attached to an aromatic ring is 1. The zero-order valence-electron chi connectivity index (χ0n) is 11.3. The second kappa shape index (κ2) is 7.01. The van der Waals surface area contributed by atoms with Gasteiger partial charge >= 0.3 is 0 Å². The van der Waals surface area contributed by atoms with Crippen LogP contribution in [0.15, 0.2) is 24.3 Å². The molecule has 0 bridgehead atoms. The Morgan fingerprint density at radius 1 is 1.33 bits per heavy atom. The summed E-state index contributed by atoms with van der Waals surface area (Å²) >= 11 is 0. The number of hydrogen-bond acceptors (Lipinski definition) is 3. The predicted octanol–water partition coefficient (Wildman–Crippen LogP) is 2.16. The van der Waals surface area contributed by atoms with Crippen LogP contribution >= 0.6 is 0 Å². The summed E-state index contributed by atoms with van der Waals surface area (Å²) in [5.74, 6) is 0.0135. The van der Waals surface area contributed by atoms with Crippen LogP contribution < -0.4 is 5.73 Å². The predicted molar refractivity (Wildman–Crippen MR) is 73.5 cm³/mol. The van der Waals surface area contributed by atoms with E-state index in [1.807, 2.05) is 13.8 Å². The van der Waals surface area contributed by atoms with E-state index in [9.17, 15) is 4.79 Å². The van der Waals surface area contributed by atoms with Crippen LogP contribution in [0, 0.1) is 0 Å². The number of nitrogens with two attached hydrogens (primary N) is 1. The van der Waals surface area contributed by atoms with Crippen LogP contribution in [-0.2, 0) is 4.74 Å². The summed E-state index contributed by atoms with van der Waals surface area (Å²) in [6.45, 7) is 5.37. The van der Waals surface area contributed by atoms with E-state index in [2.05, 4.69) is 0 Å². The number of anilines is 1. The van der Waals surface area contributed by atoms with Crippen LogP contribution in [0.2, 0.25) is 0 Å². The van der Waals surface area contributed by atoms with Crippen molar-refractivity contribution in [2.45, 2.75) is 26.4 Å². The van der Waals surface area contributed by atoms with Crippen molar-refractivity contribution in [3.8, 4) is 0 Å². The van der Waals surface area contributed by atoms with E-state index < -0.39 is 0 Å². The molecule has 0 aliphatic carbocycles. The van der Waals surface area contributed by atoms with Crippen LogP contribution in [-0.4, -0.2) is 37.1 Å². The molecular formula is C14H22N2O2. The number of hydrogen-bond donors (Lipinski definition) is 1. The molecule has 0 atom stereocenters. The lowest BCUT2D eigenvalue weighted by Gasteiger charge is -2.17. The highest BCUT2D eigenvalue weighted by atomic mass is 16.5. The number of carbonyl (C=O) groups excluding carboxylic acids is 1. The molecule has 0 fully saturated rings. The molecule has 0 spiro atoms. The molecule has 18 heavy (non-hydrogen) atoms. The van der Waals surface area contributed by atoms with Gasteiger partial charge in [-0.05, 0) is 44.5 Å². The van der Waals surface area contributed by atoms with Crippen molar-refractivity contribution < 1.29 is 9.53 Å². The Morgan fingerprint density at radius 2 is 1.94 bits per heavy atom. The van der Waals surface area contributed by atoms with Crippen LogP contribution in [0.25, 0.3) is 0 Å². The minimum Gasteiger partial charge on any atom is -0.399 e. The molecule has 1 aromatic carbocycles. The van der Waals surface area contributed by atoms with Gasteiger partial charge in [0.1, 0.15) is 0 Å². The molecule has 1 rings (SSSR count). The lowest BCUT2D eigenvalue weighted by Crippen LogP contribution is -2.28. The van der Waals surface area contributed by atoms with Crippen molar-refractivity contribution >= 4 is 11.6 Å². The van der Waals surface area contributed by atoms with Crippen molar-refractivity contribution in [3.05, 3.63) is 29.8 Å². The monoisotopic (exact) mass is 250 g/mol. The maximum absolute atomic E-state index is 12.0. The van der Waals surface area contributed by atoms with Crippen molar-refractivity contribution in [2.75, 3.05) is 25.9 Å². The van der Waals surface area contributed by atoms with Gasteiger partial charge in [0.2, 0.25) is 0 Å². The molecule has 0 saturated heterocycles. The van der Waals surface area contributed by atoms with Gasteiger partial charge in [0.05, 0.1) is 6.10 Å². The van der Waals surface area contributed by atoms with Crippen molar-refractivity contribution in [1.82, 2.24) is 4.90 Å². The van der Waals surface area contributed by atoms with E-state index in [1.54, 1.807) is 36.2 Å². The van der Waals surface area contributed by atoms with Gasteiger partial charge in [0.15, 0.2) is 0 Å². The molecule has 0 heterocycles. The second-order valence-corrected chi connectivity index (χ2v) is 4.62. The van der Waals surface area contributed by atoms with Gasteiger partial charge in [-0.15, -0.1) is 0 Å². The molecule has 0 aromatic heterocycles. The number of ether oxygens (including phenoxy) is 1. The average Bonchev–Trinajstić information content (AvgIpc) is 2.34.